The molecule has 4 unspecified atom stereocenters. The summed E-state index contributed by atoms with van der Waals surface area (Å²) in [7, 11) is -16.8. The van der Waals surface area contributed by atoms with E-state index in [-0.39, 0.29) is 61.8 Å². The molecule has 0 spiro atoms. The van der Waals surface area contributed by atoms with Gasteiger partial charge >= 0.3 is 29.4 Å². The van der Waals surface area contributed by atoms with Crippen LogP contribution in [0.3, 0.4) is 0 Å². The van der Waals surface area contributed by atoms with E-state index >= 15 is 0 Å². The van der Waals surface area contributed by atoms with Gasteiger partial charge in [-0.05, 0) is 13.3 Å². The number of phosphoric acid groups is 3. The summed E-state index contributed by atoms with van der Waals surface area (Å²) in [5.41, 5.74) is 34.2. The normalized spacial score (nSPS) is 34.3. The molecule has 47 heteroatoms. The van der Waals surface area contributed by atoms with Crippen molar-refractivity contribution in [2.45, 2.75) is 161 Å². The van der Waals surface area contributed by atoms with Crippen LogP contribution >= 0.6 is 35.2 Å². The third-order valence-electron chi connectivity index (χ3n) is 15.1. The van der Waals surface area contributed by atoms with Crippen LogP contribution in [0.2, 0.25) is 0 Å². The Morgan fingerprint density at radius 2 is 1.41 bits per heavy atom. The Balaban J connectivity index is 0.893. The number of nitrogens with two attached hydrogens (primary N) is 6. The van der Waals surface area contributed by atoms with Crippen LogP contribution in [-0.2, 0) is 74.3 Å². The molecule has 23 atom stereocenters. The molecule has 3 fully saturated rings. The number of fused-ring (bicyclic) bond motifs is 1. The first-order valence-corrected chi connectivity index (χ1v) is 33.7. The molecule has 2 aromatic rings. The standard InChI is InChI=1S/C46H80N13O30P3S/c1-45(2,13-80-92(77,78)89-91(75,76)79-12-21-35(88-90(72,73)74)31(67)41(81-21)59-15-57-25-38(52)55-14-56-39(25)59)37(69)40(70)54-5-4-22(61)53-6-7-93-46(3,71)58-17-8-16(49)26(62)36(33(17)85-42-23(50)29(65)27(63)18(9-47)82-42)87-44-32(68)34(20(11-60)84-44)86-43-24(51)30(66)28(64)19(10-48)83-43/h14-21,23-24,26-30,33-37,42-43,58,60,62-69,71H,4-13,47-51H2,1-3H3,(H,53,61)(H,54,70)(H,75,76)(H,77,78)(H2,52,55,56)(H2,72,73,74)/t16-,17+,18?,19?,20-,21-,23-,24-,26+,27-,28-,29-,30-,33-,34-,35-,36-,37+,42-,43-,46+/m1/s1. The first-order chi connectivity index (χ1) is 43.3. The Bertz CT molecular complexity index is 3120. The lowest BCUT2D eigenvalue weighted by molar-refractivity contribution is -0.293. The van der Waals surface area contributed by atoms with Crippen molar-refractivity contribution in [1.82, 2.24) is 35.5 Å². The van der Waals surface area contributed by atoms with Crippen LogP contribution in [-0.4, -0.2) is 281 Å². The van der Waals surface area contributed by atoms with Gasteiger partial charge in [0.15, 0.2) is 70.9 Å². The van der Waals surface area contributed by atoms with Gasteiger partial charge in [0.05, 0.1) is 31.9 Å². The number of carbonyl (C=O) groups excluding carboxylic acids is 2. The number of aliphatic hydroxyl groups is 10. The summed E-state index contributed by atoms with van der Waals surface area (Å²) in [6, 6.07) is -5.23. The fraction of sp³-hybridized carbons (Fsp3) is 0.761. The predicted molar refractivity (Wildman–Crippen MR) is 311 cm³/mol. The first kappa shape index (κ1) is 76.1. The highest BCUT2D eigenvalue weighted by Crippen LogP contribution is 2.61. The van der Waals surface area contributed by atoms with E-state index in [2.05, 4.69) is 39.7 Å². The smallest absolute Gasteiger partial charge is 0.481 e. The largest absolute Gasteiger partial charge is 0.505 e. The minimum atomic E-state index is -5.71. The number of carbonyl (C=O) groups is 2. The number of aliphatic hydroxyl groups excluding tert-OH is 9. The second kappa shape index (κ2) is 31.1. The molecule has 0 radical (unpaired) electrons. The summed E-state index contributed by atoms with van der Waals surface area (Å²) in [6.45, 7) is -0.495. The fourth-order valence-electron chi connectivity index (χ4n) is 10.0. The van der Waals surface area contributed by atoms with Crippen molar-refractivity contribution in [3.63, 3.8) is 0 Å². The number of nitrogen functional groups attached to an aromatic ring is 1. The number of hydrogen-bond acceptors (Lipinski definition) is 37. The Hall–Kier alpha value is -4.23. The van der Waals surface area contributed by atoms with E-state index in [0.717, 1.165) is 29.0 Å². The molecule has 2 saturated heterocycles. The highest BCUT2D eigenvalue weighted by Gasteiger charge is 2.55. The SMILES string of the molecule is CC(C)(COP(=O)(O)OP(=O)(O)OC[C@H]1OC(n2cnc3c(N)ncnc32)=C(O)[C@@H]1OP(=O)(O)O)[C@@H](O)C(=O)NCCC(=O)NCCS[C@](C)(O)N[C@H]1C[C@@H](N)[C@H](O)[C@@H](OC2=C(O)[C@H](O[C@H]3OC(CN)[C@@H](O)[C@H](O)[C@H]3N)[C@@H](CO)O2)[C@@H]1O[C@H]1OC(CN)[C@@H](O)[C@H](O)[C@H]1N. The zero-order valence-electron chi connectivity index (χ0n) is 49.6. The Morgan fingerprint density at radius 3 is 2.01 bits per heavy atom. The van der Waals surface area contributed by atoms with Gasteiger partial charge in [-0.15, -0.1) is 11.8 Å². The molecule has 0 bridgehead atoms. The van der Waals surface area contributed by atoms with Crippen molar-refractivity contribution in [3.8, 4) is 0 Å². The molecule has 4 aliphatic heterocycles. The number of thioether (sulfide) groups is 1. The molecule has 43 nitrogen and oxygen atoms in total. The number of aromatic nitrogens is 4. The maximum Gasteiger partial charge on any atom is 0.481 e. The van der Waals surface area contributed by atoms with E-state index in [1.807, 2.05) is 0 Å². The van der Waals surface area contributed by atoms with Crippen LogP contribution in [0.4, 0.5) is 5.82 Å². The second-order valence-corrected chi connectivity index (χ2v) is 28.4. The van der Waals surface area contributed by atoms with Gasteiger partial charge in [0.1, 0.15) is 67.6 Å². The van der Waals surface area contributed by atoms with Gasteiger partial charge in [0, 0.05) is 55.9 Å². The molecule has 7 rings (SSSR count). The van der Waals surface area contributed by atoms with Crippen LogP contribution in [0.15, 0.2) is 30.1 Å². The van der Waals surface area contributed by atoms with Crippen LogP contribution in [0.25, 0.3) is 17.0 Å². The third kappa shape index (κ3) is 18.7. The molecule has 5 aliphatic rings. The summed E-state index contributed by atoms with van der Waals surface area (Å²) in [5, 5.41) is 115. The van der Waals surface area contributed by atoms with Crippen molar-refractivity contribution in [3.05, 3.63) is 30.1 Å². The number of nitrogens with zero attached hydrogens (tertiary/aromatic N) is 4. The zero-order chi connectivity index (χ0) is 69.0. The van der Waals surface area contributed by atoms with Crippen LogP contribution in [0.5, 0.6) is 0 Å². The van der Waals surface area contributed by atoms with Crippen molar-refractivity contribution >= 4 is 69.9 Å². The molecule has 93 heavy (non-hydrogen) atoms. The molecule has 2 aromatic heterocycles. The molecule has 1 aliphatic carbocycles. The quantitative estimate of drug-likeness (QED) is 0.0189. The number of imidazole rings is 1. The lowest BCUT2D eigenvalue weighted by Gasteiger charge is -2.48. The molecule has 29 N–H and O–H groups in total. The highest BCUT2D eigenvalue weighted by atomic mass is 32.2. The van der Waals surface area contributed by atoms with E-state index in [1.54, 1.807) is 0 Å². The average Bonchev–Trinajstić information content (AvgIpc) is 1.74. The maximum atomic E-state index is 13.0. The third-order valence-corrected chi connectivity index (χ3v) is 19.3. The molecular weight excluding hydrogens is 1340 g/mol. The van der Waals surface area contributed by atoms with Gasteiger partial charge in [0.2, 0.25) is 23.5 Å². The summed E-state index contributed by atoms with van der Waals surface area (Å²) < 4.78 is 97.9. The van der Waals surface area contributed by atoms with Gasteiger partial charge in [-0.3, -0.25) is 28.5 Å². The number of rotatable bonds is 31. The number of anilines is 1. The Labute approximate surface area is 531 Å². The number of nitrogens with one attached hydrogen (secondary N) is 3. The highest BCUT2D eigenvalue weighted by molar-refractivity contribution is 8.00. The summed E-state index contributed by atoms with van der Waals surface area (Å²) >= 11 is 0.833. The minimum Gasteiger partial charge on any atom is -0.505 e. The first-order valence-electron chi connectivity index (χ1n) is 28.2. The maximum absolute atomic E-state index is 13.0. The minimum absolute atomic E-state index is 0.0113. The molecule has 6 heterocycles. The summed E-state index contributed by atoms with van der Waals surface area (Å²) in [5.74, 6) is -5.01. The number of phosphoric ester groups is 3. The van der Waals surface area contributed by atoms with E-state index in [1.165, 1.54) is 20.8 Å². The van der Waals surface area contributed by atoms with Crippen molar-refractivity contribution in [1.29, 1.82) is 0 Å². The average molecular weight is 1420 g/mol. The van der Waals surface area contributed by atoms with E-state index < -0.39 is 211 Å². The van der Waals surface area contributed by atoms with Crippen molar-refractivity contribution in [2.24, 2.45) is 34.1 Å². The lowest BCUT2D eigenvalue weighted by Crippen LogP contribution is -2.69. The molecule has 530 valence electrons. The fourth-order valence-corrected chi connectivity index (χ4v) is 13.7. The number of hydrogen-bond donors (Lipinski definition) is 23. The summed E-state index contributed by atoms with van der Waals surface area (Å²) in [6.07, 6.45) is -24.3. The topological polar surface area (TPSA) is 706 Å². The number of amides is 2. The summed E-state index contributed by atoms with van der Waals surface area (Å²) in [4.78, 5) is 77.3. The zero-order valence-corrected chi connectivity index (χ0v) is 53.1. The molecule has 0 aromatic carbocycles. The van der Waals surface area contributed by atoms with Gasteiger partial charge in [-0.25, -0.2) is 33.2 Å². The monoisotopic (exact) mass is 1420 g/mol. The lowest BCUT2D eigenvalue weighted by atomic mass is 9.83. The van der Waals surface area contributed by atoms with E-state index in [4.69, 9.17) is 76.6 Å². The van der Waals surface area contributed by atoms with Crippen LogP contribution in [0, 0.1) is 5.41 Å². The Kier molecular flexibility index (Phi) is 25.5. The molecule has 2 amide bonds. The van der Waals surface area contributed by atoms with Crippen molar-refractivity contribution < 1.29 is 145 Å². The predicted octanol–water partition coefficient (Wildman–Crippen LogP) is -8.58. The second-order valence-electron chi connectivity index (χ2n) is 22.7. The van der Waals surface area contributed by atoms with Gasteiger partial charge < -0.3 is 149 Å². The van der Waals surface area contributed by atoms with Gasteiger partial charge in [0.25, 0.3) is 0 Å². The number of ether oxygens (including phenoxy) is 7. The van der Waals surface area contributed by atoms with Crippen molar-refractivity contribution in [2.75, 3.05) is 57.5 Å². The van der Waals surface area contributed by atoms with Crippen LogP contribution in [0.1, 0.15) is 33.6 Å². The molecule has 1 saturated carbocycles. The van der Waals surface area contributed by atoms with Gasteiger partial charge in [-0.2, -0.15) is 4.31 Å². The van der Waals surface area contributed by atoms with E-state index in [9.17, 15) is 93.9 Å². The van der Waals surface area contributed by atoms with Crippen LogP contribution < -0.4 is 50.4 Å². The molecular formula is C46H80N13O30P3S. The van der Waals surface area contributed by atoms with E-state index in [0.29, 0.717) is 0 Å². The Morgan fingerprint density at radius 1 is 0.796 bits per heavy atom. The van der Waals surface area contributed by atoms with Gasteiger partial charge in [-0.1, -0.05) is 13.8 Å².